The van der Waals surface area contributed by atoms with Crippen molar-refractivity contribution in [3.63, 3.8) is 0 Å². The molecule has 9 aromatic rings. The van der Waals surface area contributed by atoms with Crippen LogP contribution < -0.4 is 10.2 Å². The van der Waals surface area contributed by atoms with E-state index < -0.39 is 0 Å². The highest BCUT2D eigenvalue weighted by molar-refractivity contribution is 6.24. The number of hydrogen-bond acceptors (Lipinski definition) is 4. The summed E-state index contributed by atoms with van der Waals surface area (Å²) < 4.78 is 13.3. The van der Waals surface area contributed by atoms with Crippen LogP contribution in [-0.2, 0) is 0 Å². The fourth-order valence-electron chi connectivity index (χ4n) is 7.50. The molecule has 0 amide bonds. The Bertz CT molecular complexity index is 2770. The van der Waals surface area contributed by atoms with E-state index in [0.29, 0.717) is 0 Å². The van der Waals surface area contributed by atoms with Crippen LogP contribution in [0.25, 0.3) is 71.3 Å². The third kappa shape index (κ3) is 4.38. The molecule has 0 atom stereocenters. The fraction of sp³-hybridized carbons (Fsp3) is 0.0222. The standard InChI is InChI=1S/C45H30N2O2/c1-2-13-32(14-3-1)47(39-19-8-18-37-36-16-6-7-20-40(36)48-44(37)39)33-24-22-29(23-25-33)38-27-30-11-4-5-15-34(30)43-42-35(31-12-10-26-46-28-31)17-9-21-41(42)49-45(38)43/h1-27,46H,28H2. The first-order chi connectivity index (χ1) is 24.3. The van der Waals surface area contributed by atoms with E-state index in [1.807, 2.05) is 24.4 Å². The highest BCUT2D eigenvalue weighted by atomic mass is 16.3. The first-order valence-corrected chi connectivity index (χ1v) is 16.6. The van der Waals surface area contributed by atoms with Crippen LogP contribution in [0.15, 0.2) is 173 Å². The minimum absolute atomic E-state index is 0.779. The molecule has 0 unspecified atom stereocenters. The van der Waals surface area contributed by atoms with Crippen LogP contribution in [0.4, 0.5) is 17.1 Å². The van der Waals surface area contributed by atoms with Crippen molar-refractivity contribution >= 4 is 77.3 Å². The molecule has 1 aliphatic heterocycles. The van der Waals surface area contributed by atoms with Gasteiger partial charge in [-0.1, -0.05) is 103 Å². The number of rotatable bonds is 5. The molecular formula is C45H30N2O2. The second kappa shape index (κ2) is 11.0. The van der Waals surface area contributed by atoms with Gasteiger partial charge in [0.1, 0.15) is 16.7 Å². The Balaban J connectivity index is 1.17. The van der Waals surface area contributed by atoms with Crippen molar-refractivity contribution in [2.24, 2.45) is 0 Å². The summed E-state index contributed by atoms with van der Waals surface area (Å²) >= 11 is 0. The number of nitrogens with one attached hydrogen (secondary N) is 1. The number of nitrogens with zero attached hydrogens (tertiary/aromatic N) is 1. The van der Waals surface area contributed by atoms with E-state index in [-0.39, 0.29) is 0 Å². The summed E-state index contributed by atoms with van der Waals surface area (Å²) in [5, 5.41) is 10.3. The van der Waals surface area contributed by atoms with Gasteiger partial charge in [0.25, 0.3) is 0 Å². The lowest BCUT2D eigenvalue weighted by molar-refractivity contribution is 0.669. The number of fused-ring (bicyclic) bond motifs is 8. The number of allylic oxidation sites excluding steroid dienone is 2. The summed E-state index contributed by atoms with van der Waals surface area (Å²) in [5.41, 5.74) is 11.2. The summed E-state index contributed by atoms with van der Waals surface area (Å²) in [6.07, 6.45) is 6.25. The minimum atomic E-state index is 0.779. The third-order valence-electron chi connectivity index (χ3n) is 9.72. The van der Waals surface area contributed by atoms with Gasteiger partial charge in [0.05, 0.1) is 5.69 Å². The molecule has 0 bridgehead atoms. The molecule has 0 spiro atoms. The number of benzene rings is 7. The largest absolute Gasteiger partial charge is 0.455 e. The molecule has 0 fully saturated rings. The summed E-state index contributed by atoms with van der Waals surface area (Å²) in [5.74, 6) is 0. The van der Waals surface area contributed by atoms with Crippen molar-refractivity contribution in [3.05, 3.63) is 170 Å². The van der Waals surface area contributed by atoms with Gasteiger partial charge in [-0.2, -0.15) is 0 Å². The van der Waals surface area contributed by atoms with E-state index >= 15 is 0 Å². The van der Waals surface area contributed by atoms with Crippen LogP contribution in [0.1, 0.15) is 5.56 Å². The second-order valence-electron chi connectivity index (χ2n) is 12.5. The maximum Gasteiger partial charge on any atom is 0.159 e. The van der Waals surface area contributed by atoms with Crippen molar-refractivity contribution in [1.82, 2.24) is 5.32 Å². The van der Waals surface area contributed by atoms with E-state index in [1.54, 1.807) is 0 Å². The summed E-state index contributed by atoms with van der Waals surface area (Å²) in [6, 6.07) is 51.2. The Morgan fingerprint density at radius 1 is 0.531 bits per heavy atom. The molecule has 7 aromatic carbocycles. The molecule has 232 valence electrons. The van der Waals surface area contributed by atoms with E-state index in [9.17, 15) is 0 Å². The zero-order valence-electron chi connectivity index (χ0n) is 26.6. The molecule has 2 aromatic heterocycles. The van der Waals surface area contributed by atoms with Gasteiger partial charge in [0.2, 0.25) is 0 Å². The van der Waals surface area contributed by atoms with Crippen molar-refractivity contribution in [1.29, 1.82) is 0 Å². The van der Waals surface area contributed by atoms with Gasteiger partial charge in [-0.15, -0.1) is 0 Å². The lowest BCUT2D eigenvalue weighted by atomic mass is 9.93. The Hall–Kier alpha value is -6.52. The molecule has 1 N–H and O–H groups in total. The maximum atomic E-state index is 6.78. The van der Waals surface area contributed by atoms with Crippen LogP contribution in [0.3, 0.4) is 0 Å². The summed E-state index contributed by atoms with van der Waals surface area (Å²) in [4.78, 5) is 2.28. The van der Waals surface area contributed by atoms with Crippen molar-refractivity contribution in [2.75, 3.05) is 11.4 Å². The second-order valence-corrected chi connectivity index (χ2v) is 12.5. The van der Waals surface area contributed by atoms with Gasteiger partial charge >= 0.3 is 0 Å². The topological polar surface area (TPSA) is 41.6 Å². The Labute approximate surface area is 282 Å². The van der Waals surface area contributed by atoms with E-state index in [1.165, 1.54) is 21.9 Å². The zero-order chi connectivity index (χ0) is 32.3. The molecule has 10 rings (SSSR count). The van der Waals surface area contributed by atoms with Gasteiger partial charge in [-0.25, -0.2) is 0 Å². The highest BCUT2D eigenvalue weighted by Gasteiger charge is 2.22. The fourth-order valence-corrected chi connectivity index (χ4v) is 7.50. The number of para-hydroxylation sites is 3. The SMILES string of the molecule is C1=CNCC(c2cccc3oc4c(-c5ccc(N(c6ccccc6)c6cccc7c6oc6ccccc67)cc5)cc5ccccc5c4c23)=C1. The molecular weight excluding hydrogens is 601 g/mol. The molecule has 0 saturated heterocycles. The van der Waals surface area contributed by atoms with Crippen molar-refractivity contribution in [2.45, 2.75) is 0 Å². The zero-order valence-corrected chi connectivity index (χ0v) is 26.6. The normalized spacial score (nSPS) is 13.0. The molecule has 4 heteroatoms. The molecule has 0 saturated carbocycles. The van der Waals surface area contributed by atoms with Gasteiger partial charge in [-0.05, 0) is 88.3 Å². The van der Waals surface area contributed by atoms with Crippen LogP contribution in [0, 0.1) is 0 Å². The minimum Gasteiger partial charge on any atom is -0.455 e. The summed E-state index contributed by atoms with van der Waals surface area (Å²) in [6.45, 7) is 0.779. The van der Waals surface area contributed by atoms with E-state index in [2.05, 4.69) is 150 Å². The lowest BCUT2D eigenvalue weighted by Gasteiger charge is -2.25. The van der Waals surface area contributed by atoms with E-state index in [0.717, 1.165) is 78.6 Å². The van der Waals surface area contributed by atoms with Crippen LogP contribution in [0.2, 0.25) is 0 Å². The van der Waals surface area contributed by atoms with Crippen LogP contribution in [0.5, 0.6) is 0 Å². The van der Waals surface area contributed by atoms with Gasteiger partial charge < -0.3 is 19.1 Å². The first-order valence-electron chi connectivity index (χ1n) is 16.6. The molecule has 0 aliphatic carbocycles. The average Bonchev–Trinajstić information content (AvgIpc) is 3.76. The predicted molar refractivity (Wildman–Crippen MR) is 204 cm³/mol. The van der Waals surface area contributed by atoms with Crippen LogP contribution >= 0.6 is 0 Å². The molecule has 1 aliphatic rings. The molecule has 4 nitrogen and oxygen atoms in total. The first kappa shape index (κ1) is 27.6. The number of dihydropyridines is 1. The smallest absolute Gasteiger partial charge is 0.159 e. The Kier molecular flexibility index (Phi) is 6.21. The Morgan fingerprint density at radius 3 is 2.10 bits per heavy atom. The molecule has 49 heavy (non-hydrogen) atoms. The average molecular weight is 631 g/mol. The van der Waals surface area contributed by atoms with Crippen molar-refractivity contribution in [3.8, 4) is 11.1 Å². The van der Waals surface area contributed by atoms with Gasteiger partial charge in [0.15, 0.2) is 5.58 Å². The van der Waals surface area contributed by atoms with Crippen LogP contribution in [-0.4, -0.2) is 6.54 Å². The quantitative estimate of drug-likeness (QED) is 0.205. The number of anilines is 3. The monoisotopic (exact) mass is 630 g/mol. The molecule has 0 radical (unpaired) electrons. The number of furan rings is 2. The van der Waals surface area contributed by atoms with Gasteiger partial charge in [0, 0.05) is 45.0 Å². The molecule has 3 heterocycles. The Morgan fingerprint density at radius 2 is 1.24 bits per heavy atom. The predicted octanol–water partition coefficient (Wildman–Crippen LogP) is 12.3. The summed E-state index contributed by atoms with van der Waals surface area (Å²) in [7, 11) is 0. The lowest BCUT2D eigenvalue weighted by Crippen LogP contribution is -2.11. The van der Waals surface area contributed by atoms with Crippen molar-refractivity contribution < 1.29 is 8.83 Å². The number of hydrogen-bond donors (Lipinski definition) is 1. The third-order valence-corrected chi connectivity index (χ3v) is 9.72. The van der Waals surface area contributed by atoms with E-state index in [4.69, 9.17) is 8.83 Å². The highest BCUT2D eigenvalue weighted by Crippen LogP contribution is 2.45. The maximum absolute atomic E-state index is 6.78. The van der Waals surface area contributed by atoms with Gasteiger partial charge in [-0.3, -0.25) is 0 Å².